The number of rotatable bonds is 8. The van der Waals surface area contributed by atoms with Crippen molar-refractivity contribution in [2.45, 2.75) is 13.3 Å². The minimum absolute atomic E-state index is 0.535. The molecule has 0 N–H and O–H groups in total. The highest BCUT2D eigenvalue weighted by molar-refractivity contribution is 6.14. The highest BCUT2D eigenvalue weighted by Crippen LogP contribution is 2.43. The molecule has 0 bridgehead atoms. The maximum atomic E-state index is 2.43. The summed E-state index contributed by atoms with van der Waals surface area (Å²) in [7, 11) is 0. The molecule has 1 heterocycles. The third-order valence-corrected chi connectivity index (χ3v) is 14.3. The molecule has 1 aromatic heterocycles. The van der Waals surface area contributed by atoms with Crippen molar-refractivity contribution in [3.63, 3.8) is 0 Å². The molecule has 0 fully saturated rings. The first-order valence-electron chi connectivity index (χ1n) is 24.1. The fraction of sp³-hybridized carbons (Fsp3) is 0.0448. The van der Waals surface area contributed by atoms with Gasteiger partial charge in [-0.1, -0.05) is 201 Å². The van der Waals surface area contributed by atoms with Gasteiger partial charge >= 0.3 is 0 Å². The van der Waals surface area contributed by atoms with Gasteiger partial charge in [0.15, 0.2) is 0 Å². The number of allylic oxidation sites excluding steroid dienone is 1. The van der Waals surface area contributed by atoms with E-state index in [1.54, 1.807) is 0 Å². The zero-order chi connectivity index (χ0) is 45.8. The van der Waals surface area contributed by atoms with Crippen LogP contribution in [0.4, 0.5) is 17.1 Å². The zero-order valence-electron chi connectivity index (χ0n) is 38.4. The molecule has 2 heteroatoms. The van der Waals surface area contributed by atoms with Gasteiger partial charge in [0, 0.05) is 39.1 Å². The minimum atomic E-state index is 0.535. The van der Waals surface area contributed by atoms with Crippen LogP contribution in [0.25, 0.3) is 99.6 Å². The Morgan fingerprint density at radius 3 is 1.78 bits per heavy atom. The highest BCUT2D eigenvalue weighted by Gasteiger charge is 2.20. The lowest BCUT2D eigenvalue weighted by Crippen LogP contribution is -2.10. The summed E-state index contributed by atoms with van der Waals surface area (Å²) in [5, 5.41) is 7.66. The lowest BCUT2D eigenvalue weighted by Gasteiger charge is -2.27. The molecule has 1 aliphatic carbocycles. The standard InChI is InChI=1S/C67H48N2/c1-45-24-25-51-36-41-62-59(19-10-21-61(62)65(51)42-45)50-34-39-57(40-35-50)68(56-37-32-48(33-38-56)47-26-28-49(29-27-47)53-31-30-46-12-5-6-13-52(46)43-53)58-17-9-14-54(44-58)60-20-11-22-64-63-18-7-8-23-66(63)69(67(60)64)55-15-3-2-4-16-55/h2-41,43-45H,42H2,1H3. The van der Waals surface area contributed by atoms with E-state index in [9.17, 15) is 0 Å². The van der Waals surface area contributed by atoms with E-state index >= 15 is 0 Å². The minimum Gasteiger partial charge on any atom is -0.310 e. The van der Waals surface area contributed by atoms with Gasteiger partial charge in [-0.05, 0) is 145 Å². The van der Waals surface area contributed by atoms with E-state index in [4.69, 9.17) is 0 Å². The summed E-state index contributed by atoms with van der Waals surface area (Å²) in [6, 6.07) is 89.2. The fourth-order valence-corrected chi connectivity index (χ4v) is 10.9. The van der Waals surface area contributed by atoms with Crippen LogP contribution < -0.4 is 4.90 Å². The van der Waals surface area contributed by atoms with E-state index in [0.29, 0.717) is 5.92 Å². The molecule has 326 valence electrons. The van der Waals surface area contributed by atoms with Gasteiger partial charge in [-0.15, -0.1) is 0 Å². The summed E-state index contributed by atoms with van der Waals surface area (Å²) >= 11 is 0. The predicted octanol–water partition coefficient (Wildman–Crippen LogP) is 18.4. The van der Waals surface area contributed by atoms with Crippen molar-refractivity contribution >= 4 is 66.5 Å². The molecule has 0 spiro atoms. The van der Waals surface area contributed by atoms with Crippen LogP contribution in [0.5, 0.6) is 0 Å². The first-order chi connectivity index (χ1) is 34.1. The summed E-state index contributed by atoms with van der Waals surface area (Å²) < 4.78 is 2.43. The van der Waals surface area contributed by atoms with E-state index in [0.717, 1.165) is 34.7 Å². The number of fused-ring (bicyclic) bond motifs is 7. The SMILES string of the molecule is CC1C=Cc2ccc3c(-c4ccc(N(c5ccc(-c6ccc(-c7ccc8ccccc8c7)cc6)cc5)c5cccc(-c6cccc7c8ccccc8n(-c8ccccc8)c67)c5)cc4)cccc3c2C1. The number of anilines is 3. The van der Waals surface area contributed by atoms with Crippen molar-refractivity contribution in [1.82, 2.24) is 4.57 Å². The number of para-hydroxylation sites is 3. The van der Waals surface area contributed by atoms with Crippen LogP contribution in [0.15, 0.2) is 249 Å². The van der Waals surface area contributed by atoms with E-state index in [-0.39, 0.29) is 0 Å². The van der Waals surface area contributed by atoms with Crippen molar-refractivity contribution in [3.05, 3.63) is 260 Å². The van der Waals surface area contributed by atoms with Crippen molar-refractivity contribution in [1.29, 1.82) is 0 Å². The van der Waals surface area contributed by atoms with Gasteiger partial charge in [0.05, 0.1) is 11.0 Å². The van der Waals surface area contributed by atoms with Crippen LogP contribution >= 0.6 is 0 Å². The summed E-state index contributed by atoms with van der Waals surface area (Å²) in [5.41, 5.74) is 19.2. The second kappa shape index (κ2) is 16.9. The normalized spacial score (nSPS) is 13.3. The van der Waals surface area contributed by atoms with Gasteiger partial charge in [0.2, 0.25) is 0 Å². The Kier molecular flexibility index (Phi) is 9.91. The molecule has 0 saturated carbocycles. The smallest absolute Gasteiger partial charge is 0.0619 e. The molecule has 69 heavy (non-hydrogen) atoms. The van der Waals surface area contributed by atoms with Crippen LogP contribution in [0, 0.1) is 5.92 Å². The largest absolute Gasteiger partial charge is 0.310 e. The first kappa shape index (κ1) is 40.5. The van der Waals surface area contributed by atoms with E-state index in [1.807, 2.05) is 0 Å². The third kappa shape index (κ3) is 7.21. The van der Waals surface area contributed by atoms with Gasteiger partial charge in [-0.2, -0.15) is 0 Å². The number of hydrogen-bond donors (Lipinski definition) is 0. The Morgan fingerprint density at radius 1 is 0.391 bits per heavy atom. The molecule has 0 saturated heterocycles. The van der Waals surface area contributed by atoms with Gasteiger partial charge < -0.3 is 9.47 Å². The lowest BCUT2D eigenvalue weighted by molar-refractivity contribution is 0.721. The molecule has 1 unspecified atom stereocenters. The monoisotopic (exact) mass is 880 g/mol. The Bertz CT molecular complexity index is 3910. The summed E-state index contributed by atoms with van der Waals surface area (Å²) in [6.07, 6.45) is 5.70. The van der Waals surface area contributed by atoms with Crippen molar-refractivity contribution in [3.8, 4) is 50.2 Å². The quantitative estimate of drug-likeness (QED) is 0.148. The second-order valence-corrected chi connectivity index (χ2v) is 18.6. The Balaban J connectivity index is 0.909. The molecule has 2 nitrogen and oxygen atoms in total. The second-order valence-electron chi connectivity index (χ2n) is 18.6. The molecule has 0 radical (unpaired) electrons. The zero-order valence-corrected chi connectivity index (χ0v) is 38.4. The third-order valence-electron chi connectivity index (χ3n) is 14.3. The number of benzene rings is 11. The van der Waals surface area contributed by atoms with Crippen LogP contribution in [-0.4, -0.2) is 4.57 Å². The summed E-state index contributed by atoms with van der Waals surface area (Å²) in [5.74, 6) is 0.535. The molecule has 13 rings (SSSR count). The summed E-state index contributed by atoms with van der Waals surface area (Å²) in [4.78, 5) is 2.40. The van der Waals surface area contributed by atoms with Gasteiger partial charge in [0.25, 0.3) is 0 Å². The van der Waals surface area contributed by atoms with Crippen LogP contribution in [0.2, 0.25) is 0 Å². The molecule has 0 aliphatic heterocycles. The molecule has 0 amide bonds. The van der Waals surface area contributed by atoms with Crippen LogP contribution in [0.3, 0.4) is 0 Å². The van der Waals surface area contributed by atoms with Gasteiger partial charge in [-0.3, -0.25) is 0 Å². The molecular weight excluding hydrogens is 833 g/mol. The maximum Gasteiger partial charge on any atom is 0.0619 e. The summed E-state index contributed by atoms with van der Waals surface area (Å²) in [6.45, 7) is 2.31. The first-order valence-corrected chi connectivity index (χ1v) is 24.1. The Morgan fingerprint density at radius 2 is 1.00 bits per heavy atom. The Hall–Kier alpha value is -8.72. The molecule has 1 atom stereocenters. The van der Waals surface area contributed by atoms with Gasteiger partial charge in [-0.25, -0.2) is 0 Å². The van der Waals surface area contributed by atoms with E-state index in [2.05, 4.69) is 271 Å². The number of aromatic nitrogens is 1. The highest BCUT2D eigenvalue weighted by atomic mass is 15.1. The van der Waals surface area contributed by atoms with Crippen molar-refractivity contribution in [2.24, 2.45) is 5.92 Å². The maximum absolute atomic E-state index is 2.43. The predicted molar refractivity (Wildman–Crippen MR) is 294 cm³/mol. The van der Waals surface area contributed by atoms with Gasteiger partial charge in [0.1, 0.15) is 0 Å². The topological polar surface area (TPSA) is 8.17 Å². The fourth-order valence-electron chi connectivity index (χ4n) is 10.9. The number of hydrogen-bond acceptors (Lipinski definition) is 1. The van der Waals surface area contributed by atoms with Crippen molar-refractivity contribution in [2.75, 3.05) is 4.90 Å². The van der Waals surface area contributed by atoms with Crippen molar-refractivity contribution < 1.29 is 0 Å². The van der Waals surface area contributed by atoms with Crippen LogP contribution in [0.1, 0.15) is 18.1 Å². The van der Waals surface area contributed by atoms with E-state index in [1.165, 1.54) is 93.4 Å². The molecular formula is C67H48N2. The lowest BCUT2D eigenvalue weighted by atomic mass is 9.85. The van der Waals surface area contributed by atoms with Crippen LogP contribution in [-0.2, 0) is 6.42 Å². The Labute approximate surface area is 403 Å². The number of nitrogens with zero attached hydrogens (tertiary/aromatic N) is 2. The average molecular weight is 881 g/mol. The molecule has 11 aromatic carbocycles. The molecule has 1 aliphatic rings. The van der Waals surface area contributed by atoms with E-state index < -0.39 is 0 Å². The average Bonchev–Trinajstić information content (AvgIpc) is 3.76. The molecule has 12 aromatic rings.